The molecule has 1 aliphatic rings. The van der Waals surface area contributed by atoms with Crippen LogP contribution in [-0.2, 0) is 0 Å². The van der Waals surface area contributed by atoms with Gasteiger partial charge in [-0.3, -0.25) is 0 Å². The van der Waals surface area contributed by atoms with E-state index in [0.29, 0.717) is 12.8 Å². The van der Waals surface area contributed by atoms with Crippen LogP contribution in [0.4, 0.5) is 0 Å². The van der Waals surface area contributed by atoms with Crippen LogP contribution in [0.15, 0.2) is 0 Å². The first-order chi connectivity index (χ1) is 6.66. The number of nitriles is 4. The SMILES string of the molecule is CCC1CC(C#N)(C#N)C1(C#N)C#N. The molecule has 0 spiro atoms. The zero-order valence-electron chi connectivity index (χ0n) is 7.78. The molecular formula is C10H8N4. The van der Waals surface area contributed by atoms with Crippen molar-refractivity contribution >= 4 is 0 Å². The van der Waals surface area contributed by atoms with Gasteiger partial charge in [-0.2, -0.15) is 21.0 Å². The van der Waals surface area contributed by atoms with Gasteiger partial charge in [-0.1, -0.05) is 13.3 Å². The second kappa shape index (κ2) is 3.02. The molecule has 1 fully saturated rings. The van der Waals surface area contributed by atoms with Crippen LogP contribution >= 0.6 is 0 Å². The number of hydrogen-bond acceptors (Lipinski definition) is 4. The van der Waals surface area contributed by atoms with Crippen molar-refractivity contribution in [3.05, 3.63) is 0 Å². The summed E-state index contributed by atoms with van der Waals surface area (Å²) in [7, 11) is 0. The van der Waals surface area contributed by atoms with Gasteiger partial charge in [-0.05, 0) is 12.3 Å². The minimum absolute atomic E-state index is 0.156. The Morgan fingerprint density at radius 3 is 1.86 bits per heavy atom. The standard InChI is InChI=1S/C10H8N4/c1-2-8-3-9(4-11,5-12)10(8,6-13)7-14/h8H,2-3H2,1H3. The Morgan fingerprint density at radius 2 is 1.57 bits per heavy atom. The highest BCUT2D eigenvalue weighted by Crippen LogP contribution is 2.60. The molecule has 68 valence electrons. The smallest absolute Gasteiger partial charge is 0.178 e. The first-order valence-corrected chi connectivity index (χ1v) is 4.31. The maximum atomic E-state index is 8.96. The third-order valence-electron chi connectivity index (χ3n) is 3.07. The zero-order valence-corrected chi connectivity index (χ0v) is 7.78. The molecule has 0 heterocycles. The van der Waals surface area contributed by atoms with Crippen molar-refractivity contribution in [3.63, 3.8) is 0 Å². The van der Waals surface area contributed by atoms with E-state index in [1.807, 2.05) is 31.2 Å². The van der Waals surface area contributed by atoms with E-state index in [1.165, 1.54) is 0 Å². The summed E-state index contributed by atoms with van der Waals surface area (Å²) in [5, 5.41) is 35.7. The Balaban J connectivity index is 3.25. The Labute approximate surface area is 82.6 Å². The van der Waals surface area contributed by atoms with Crippen molar-refractivity contribution in [1.82, 2.24) is 0 Å². The minimum atomic E-state index is -1.43. The lowest BCUT2D eigenvalue weighted by molar-refractivity contribution is 0.0323. The van der Waals surface area contributed by atoms with Crippen LogP contribution in [-0.4, -0.2) is 0 Å². The molecule has 4 heteroatoms. The molecule has 0 aromatic rings. The van der Waals surface area contributed by atoms with E-state index in [-0.39, 0.29) is 5.92 Å². The summed E-state index contributed by atoms with van der Waals surface area (Å²) in [5.41, 5.74) is -2.84. The highest BCUT2D eigenvalue weighted by Gasteiger charge is 2.68. The van der Waals surface area contributed by atoms with Crippen molar-refractivity contribution in [2.75, 3.05) is 0 Å². The molecule has 1 unspecified atom stereocenters. The Morgan fingerprint density at radius 1 is 1.07 bits per heavy atom. The van der Waals surface area contributed by atoms with Crippen LogP contribution in [0.5, 0.6) is 0 Å². The quantitative estimate of drug-likeness (QED) is 0.616. The van der Waals surface area contributed by atoms with Crippen LogP contribution in [0, 0.1) is 62.1 Å². The average molecular weight is 184 g/mol. The molecule has 14 heavy (non-hydrogen) atoms. The van der Waals surface area contributed by atoms with Crippen LogP contribution in [0.3, 0.4) is 0 Å². The van der Waals surface area contributed by atoms with Crippen molar-refractivity contribution in [3.8, 4) is 24.3 Å². The fourth-order valence-electron chi connectivity index (χ4n) is 2.04. The van der Waals surface area contributed by atoms with Crippen molar-refractivity contribution in [2.24, 2.45) is 16.7 Å². The largest absolute Gasteiger partial charge is 0.196 e. The summed E-state index contributed by atoms with van der Waals surface area (Å²) in [6.45, 7) is 1.85. The summed E-state index contributed by atoms with van der Waals surface area (Å²) in [6.07, 6.45) is 0.976. The van der Waals surface area contributed by atoms with Gasteiger partial charge < -0.3 is 0 Å². The topological polar surface area (TPSA) is 95.2 Å². The second-order valence-electron chi connectivity index (χ2n) is 3.47. The molecule has 0 bridgehead atoms. The molecule has 1 saturated carbocycles. The van der Waals surface area contributed by atoms with Gasteiger partial charge in [0.25, 0.3) is 0 Å². The Kier molecular flexibility index (Phi) is 2.17. The molecule has 0 aromatic carbocycles. The van der Waals surface area contributed by atoms with Gasteiger partial charge in [0.05, 0.1) is 24.3 Å². The fourth-order valence-corrected chi connectivity index (χ4v) is 2.04. The lowest BCUT2D eigenvalue weighted by Crippen LogP contribution is -2.55. The van der Waals surface area contributed by atoms with E-state index >= 15 is 0 Å². The van der Waals surface area contributed by atoms with Gasteiger partial charge in [0.15, 0.2) is 10.8 Å². The third kappa shape index (κ3) is 0.783. The molecule has 4 nitrogen and oxygen atoms in total. The molecule has 0 aliphatic heterocycles. The van der Waals surface area contributed by atoms with Gasteiger partial charge in [0.2, 0.25) is 0 Å². The summed E-state index contributed by atoms with van der Waals surface area (Å²) >= 11 is 0. The number of nitrogens with zero attached hydrogens (tertiary/aromatic N) is 4. The first-order valence-electron chi connectivity index (χ1n) is 4.31. The molecule has 1 atom stereocenters. The first kappa shape index (κ1) is 10.0. The Hall–Kier alpha value is -2.04. The highest BCUT2D eigenvalue weighted by molar-refractivity contribution is 5.41. The highest BCUT2D eigenvalue weighted by atomic mass is 14.7. The molecule has 0 saturated heterocycles. The second-order valence-corrected chi connectivity index (χ2v) is 3.47. The van der Waals surface area contributed by atoms with Crippen molar-refractivity contribution in [1.29, 1.82) is 21.0 Å². The fraction of sp³-hybridized carbons (Fsp3) is 0.600. The minimum Gasteiger partial charge on any atom is -0.196 e. The summed E-state index contributed by atoms with van der Waals surface area (Å²) < 4.78 is 0. The lowest BCUT2D eigenvalue weighted by Gasteiger charge is -2.48. The molecule has 0 amide bonds. The number of hydrogen-bond donors (Lipinski definition) is 0. The molecule has 0 aromatic heterocycles. The molecular weight excluding hydrogens is 176 g/mol. The van der Waals surface area contributed by atoms with E-state index in [1.54, 1.807) is 0 Å². The maximum absolute atomic E-state index is 8.96. The van der Waals surface area contributed by atoms with Gasteiger partial charge in [0, 0.05) is 0 Å². The zero-order chi connectivity index (χ0) is 10.8. The lowest BCUT2D eigenvalue weighted by atomic mass is 9.45. The summed E-state index contributed by atoms with van der Waals surface area (Å²) in [4.78, 5) is 0. The molecule has 0 N–H and O–H groups in total. The Bertz CT molecular complexity index is 381. The van der Waals surface area contributed by atoms with Crippen LogP contribution < -0.4 is 0 Å². The average Bonchev–Trinajstić information content (AvgIpc) is 2.21. The van der Waals surface area contributed by atoms with Crippen molar-refractivity contribution in [2.45, 2.75) is 19.8 Å². The molecule has 0 radical (unpaired) electrons. The van der Waals surface area contributed by atoms with Crippen LogP contribution in [0.25, 0.3) is 0 Å². The molecule has 1 rings (SSSR count). The van der Waals surface area contributed by atoms with Crippen molar-refractivity contribution < 1.29 is 0 Å². The van der Waals surface area contributed by atoms with E-state index < -0.39 is 10.8 Å². The van der Waals surface area contributed by atoms with Crippen LogP contribution in [0.1, 0.15) is 19.8 Å². The van der Waals surface area contributed by atoms with Gasteiger partial charge >= 0.3 is 0 Å². The van der Waals surface area contributed by atoms with E-state index in [9.17, 15) is 0 Å². The van der Waals surface area contributed by atoms with E-state index in [2.05, 4.69) is 0 Å². The van der Waals surface area contributed by atoms with Crippen LogP contribution in [0.2, 0.25) is 0 Å². The predicted octanol–water partition coefficient (Wildman–Crippen LogP) is 1.48. The summed E-state index contributed by atoms with van der Waals surface area (Å²) in [5.74, 6) is -0.156. The summed E-state index contributed by atoms with van der Waals surface area (Å²) in [6, 6.07) is 7.34. The van der Waals surface area contributed by atoms with E-state index in [0.717, 1.165) is 0 Å². The molecule has 1 aliphatic carbocycles. The normalized spacial score (nSPS) is 25.6. The van der Waals surface area contributed by atoms with E-state index in [4.69, 9.17) is 21.0 Å². The van der Waals surface area contributed by atoms with Gasteiger partial charge in [-0.25, -0.2) is 0 Å². The van der Waals surface area contributed by atoms with Gasteiger partial charge in [0.1, 0.15) is 0 Å². The maximum Gasteiger partial charge on any atom is 0.178 e. The number of rotatable bonds is 1. The van der Waals surface area contributed by atoms with Gasteiger partial charge in [-0.15, -0.1) is 0 Å². The monoisotopic (exact) mass is 184 g/mol. The third-order valence-corrected chi connectivity index (χ3v) is 3.07. The predicted molar refractivity (Wildman–Crippen MR) is 45.7 cm³/mol.